The van der Waals surface area contributed by atoms with E-state index in [0.29, 0.717) is 13.0 Å². The smallest absolute Gasteiger partial charge is 0.237 e. The molecule has 0 aromatic heterocycles. The number of aliphatic hydroxyl groups excluding tert-OH is 1. The second-order valence-electron chi connectivity index (χ2n) is 4.25. The van der Waals surface area contributed by atoms with Crippen molar-refractivity contribution in [3.8, 4) is 0 Å². The summed E-state index contributed by atoms with van der Waals surface area (Å²) in [5, 5.41) is 15.3. The molecule has 0 spiro atoms. The van der Waals surface area contributed by atoms with Gasteiger partial charge in [0.2, 0.25) is 5.91 Å². The first kappa shape index (κ1) is 10.9. The van der Waals surface area contributed by atoms with Crippen LogP contribution in [0, 0.1) is 0 Å². The fourth-order valence-electron chi connectivity index (χ4n) is 2.06. The van der Waals surface area contributed by atoms with E-state index in [4.69, 9.17) is 4.74 Å². The number of carbonyl (C=O) groups is 1. The van der Waals surface area contributed by atoms with Gasteiger partial charge in [0.15, 0.2) is 0 Å². The number of nitrogens with one attached hydrogen (secondary N) is 2. The number of rotatable bonds is 2. The van der Waals surface area contributed by atoms with Gasteiger partial charge in [-0.25, -0.2) is 0 Å². The van der Waals surface area contributed by atoms with Crippen LogP contribution in [-0.4, -0.2) is 49.0 Å². The number of hydrogen-bond acceptors (Lipinski definition) is 4. The van der Waals surface area contributed by atoms with Crippen LogP contribution in [0.1, 0.15) is 19.3 Å². The SMILES string of the molecule is O=C(NC1CCOCC1)C1CC(O)CN1. The van der Waals surface area contributed by atoms with Gasteiger partial charge >= 0.3 is 0 Å². The van der Waals surface area contributed by atoms with E-state index in [1.54, 1.807) is 0 Å². The molecule has 2 unspecified atom stereocenters. The Labute approximate surface area is 89.2 Å². The van der Waals surface area contributed by atoms with Crippen LogP contribution >= 0.6 is 0 Å². The third kappa shape index (κ3) is 2.90. The minimum absolute atomic E-state index is 0.0125. The Kier molecular flexibility index (Phi) is 3.56. The molecule has 3 N–H and O–H groups in total. The molecular formula is C10H18N2O3. The number of aliphatic hydroxyl groups is 1. The van der Waals surface area contributed by atoms with Crippen LogP contribution in [0.4, 0.5) is 0 Å². The lowest BCUT2D eigenvalue weighted by Crippen LogP contribution is -2.46. The van der Waals surface area contributed by atoms with Crippen molar-refractivity contribution in [3.05, 3.63) is 0 Å². The highest BCUT2D eigenvalue weighted by Crippen LogP contribution is 2.10. The number of hydrogen-bond donors (Lipinski definition) is 3. The van der Waals surface area contributed by atoms with Crippen LogP contribution in [0.2, 0.25) is 0 Å². The average Bonchev–Trinajstić information content (AvgIpc) is 2.66. The van der Waals surface area contributed by atoms with Crippen molar-refractivity contribution >= 4 is 5.91 Å². The Morgan fingerprint density at radius 3 is 2.73 bits per heavy atom. The van der Waals surface area contributed by atoms with Crippen LogP contribution in [-0.2, 0) is 9.53 Å². The maximum absolute atomic E-state index is 11.7. The minimum atomic E-state index is -0.379. The Balaban J connectivity index is 1.76. The van der Waals surface area contributed by atoms with Crippen LogP contribution in [0.3, 0.4) is 0 Å². The first-order valence-corrected chi connectivity index (χ1v) is 5.55. The molecule has 0 radical (unpaired) electrons. The molecule has 5 heteroatoms. The maximum Gasteiger partial charge on any atom is 0.237 e. The molecule has 15 heavy (non-hydrogen) atoms. The van der Waals surface area contributed by atoms with Gasteiger partial charge in [-0.05, 0) is 19.3 Å². The van der Waals surface area contributed by atoms with Crippen LogP contribution in [0.25, 0.3) is 0 Å². The molecule has 2 aliphatic heterocycles. The molecule has 2 saturated heterocycles. The monoisotopic (exact) mass is 214 g/mol. The van der Waals surface area contributed by atoms with Crippen molar-refractivity contribution in [3.63, 3.8) is 0 Å². The molecule has 1 amide bonds. The number of carbonyl (C=O) groups excluding carboxylic acids is 1. The first-order chi connectivity index (χ1) is 7.25. The van der Waals surface area contributed by atoms with Gasteiger partial charge in [-0.15, -0.1) is 0 Å². The van der Waals surface area contributed by atoms with Gasteiger partial charge in [-0.1, -0.05) is 0 Å². The Bertz CT molecular complexity index is 229. The average molecular weight is 214 g/mol. The third-order valence-electron chi connectivity index (χ3n) is 2.99. The standard InChI is InChI=1S/C10H18N2O3/c13-8-5-9(11-6-8)10(14)12-7-1-3-15-4-2-7/h7-9,11,13H,1-6H2,(H,12,14). The zero-order chi connectivity index (χ0) is 10.7. The molecule has 2 aliphatic rings. The highest BCUT2D eigenvalue weighted by atomic mass is 16.5. The predicted molar refractivity (Wildman–Crippen MR) is 54.4 cm³/mol. The van der Waals surface area contributed by atoms with Crippen LogP contribution in [0.15, 0.2) is 0 Å². The van der Waals surface area contributed by atoms with E-state index in [1.807, 2.05) is 0 Å². The summed E-state index contributed by atoms with van der Waals surface area (Å²) in [5.74, 6) is 0.0125. The van der Waals surface area contributed by atoms with Gasteiger partial charge in [-0.2, -0.15) is 0 Å². The Morgan fingerprint density at radius 1 is 1.40 bits per heavy atom. The summed E-state index contributed by atoms with van der Waals surface area (Å²) in [4.78, 5) is 11.7. The number of amides is 1. The lowest BCUT2D eigenvalue weighted by Gasteiger charge is -2.24. The molecule has 2 rings (SSSR count). The van der Waals surface area contributed by atoms with E-state index in [0.717, 1.165) is 26.1 Å². The summed E-state index contributed by atoms with van der Waals surface area (Å²) in [6, 6.07) is 0.0219. The minimum Gasteiger partial charge on any atom is -0.392 e. The van der Waals surface area contributed by atoms with Crippen LogP contribution in [0.5, 0.6) is 0 Å². The molecular weight excluding hydrogens is 196 g/mol. The van der Waals surface area contributed by atoms with Gasteiger partial charge in [0.25, 0.3) is 0 Å². The zero-order valence-corrected chi connectivity index (χ0v) is 8.74. The lowest BCUT2D eigenvalue weighted by molar-refractivity contribution is -0.124. The second kappa shape index (κ2) is 4.92. The van der Waals surface area contributed by atoms with Gasteiger partial charge in [0.1, 0.15) is 0 Å². The molecule has 2 atom stereocenters. The summed E-state index contributed by atoms with van der Waals surface area (Å²) >= 11 is 0. The van der Waals surface area contributed by atoms with Crippen LogP contribution < -0.4 is 10.6 Å². The first-order valence-electron chi connectivity index (χ1n) is 5.55. The van der Waals surface area contributed by atoms with E-state index in [1.165, 1.54) is 0 Å². The summed E-state index contributed by atoms with van der Waals surface area (Å²) in [5.41, 5.74) is 0. The molecule has 5 nitrogen and oxygen atoms in total. The third-order valence-corrected chi connectivity index (χ3v) is 2.99. The quantitative estimate of drug-likeness (QED) is 0.551. The fourth-order valence-corrected chi connectivity index (χ4v) is 2.06. The fraction of sp³-hybridized carbons (Fsp3) is 0.900. The second-order valence-corrected chi connectivity index (χ2v) is 4.25. The van der Waals surface area contributed by atoms with E-state index in [2.05, 4.69) is 10.6 Å². The largest absolute Gasteiger partial charge is 0.392 e. The van der Waals surface area contributed by atoms with Crippen molar-refractivity contribution < 1.29 is 14.6 Å². The van der Waals surface area contributed by atoms with Crippen molar-refractivity contribution in [2.24, 2.45) is 0 Å². The normalized spacial score (nSPS) is 32.9. The molecule has 0 aliphatic carbocycles. The lowest BCUT2D eigenvalue weighted by atomic mass is 10.1. The highest BCUT2D eigenvalue weighted by molar-refractivity contribution is 5.82. The molecule has 0 aromatic carbocycles. The Hall–Kier alpha value is -0.650. The van der Waals surface area contributed by atoms with Crippen molar-refractivity contribution in [2.45, 2.75) is 37.5 Å². The molecule has 0 saturated carbocycles. The maximum atomic E-state index is 11.7. The summed E-state index contributed by atoms with van der Waals surface area (Å²) in [6.07, 6.45) is 1.92. The summed E-state index contributed by atoms with van der Waals surface area (Å²) in [7, 11) is 0. The molecule has 0 bridgehead atoms. The van der Waals surface area contributed by atoms with E-state index < -0.39 is 0 Å². The van der Waals surface area contributed by atoms with Gasteiger partial charge in [-0.3, -0.25) is 4.79 Å². The van der Waals surface area contributed by atoms with Crippen molar-refractivity contribution in [1.29, 1.82) is 0 Å². The molecule has 2 heterocycles. The van der Waals surface area contributed by atoms with E-state index in [9.17, 15) is 9.90 Å². The number of ether oxygens (including phenoxy) is 1. The summed E-state index contributed by atoms with van der Waals surface area (Å²) < 4.78 is 5.22. The molecule has 86 valence electrons. The van der Waals surface area contributed by atoms with Gasteiger partial charge in [0, 0.05) is 25.8 Å². The molecule has 0 aromatic rings. The van der Waals surface area contributed by atoms with E-state index in [-0.39, 0.29) is 24.1 Å². The van der Waals surface area contributed by atoms with Crippen molar-refractivity contribution in [1.82, 2.24) is 10.6 Å². The predicted octanol–water partition coefficient (Wildman–Crippen LogP) is -0.996. The number of β-amino-alcohol motifs (C(OH)–C–C–N with tert-alkyl or cyclic N) is 1. The summed E-state index contributed by atoms with van der Waals surface area (Å²) in [6.45, 7) is 1.98. The molecule has 2 fully saturated rings. The zero-order valence-electron chi connectivity index (χ0n) is 8.74. The van der Waals surface area contributed by atoms with E-state index >= 15 is 0 Å². The van der Waals surface area contributed by atoms with Gasteiger partial charge < -0.3 is 20.5 Å². The topological polar surface area (TPSA) is 70.6 Å². The van der Waals surface area contributed by atoms with Crippen molar-refractivity contribution in [2.75, 3.05) is 19.8 Å². The highest BCUT2D eigenvalue weighted by Gasteiger charge is 2.29. The Morgan fingerprint density at radius 2 is 2.13 bits per heavy atom. The van der Waals surface area contributed by atoms with Gasteiger partial charge in [0.05, 0.1) is 12.1 Å².